The molecule has 6 nitrogen and oxygen atoms in total. The van der Waals surface area contributed by atoms with Crippen LogP contribution in [-0.2, 0) is 0 Å². The number of ether oxygens (including phenoxy) is 1. The molecule has 0 saturated heterocycles. The van der Waals surface area contributed by atoms with Gasteiger partial charge in [-0.2, -0.15) is 5.26 Å². The molecular formula is C16H20N4O2. The summed E-state index contributed by atoms with van der Waals surface area (Å²) in [5.41, 5.74) is 0.847. The third-order valence-electron chi connectivity index (χ3n) is 3.58. The summed E-state index contributed by atoms with van der Waals surface area (Å²) in [5, 5.41) is 17.1. The van der Waals surface area contributed by atoms with Crippen LogP contribution in [0, 0.1) is 17.2 Å². The van der Waals surface area contributed by atoms with E-state index in [1.807, 2.05) is 50.1 Å². The van der Waals surface area contributed by atoms with Crippen molar-refractivity contribution in [2.45, 2.75) is 19.9 Å². The Morgan fingerprint density at radius 3 is 2.55 bits per heavy atom. The molecule has 0 aliphatic carbocycles. The van der Waals surface area contributed by atoms with Crippen molar-refractivity contribution in [3.8, 4) is 23.3 Å². The van der Waals surface area contributed by atoms with Crippen LogP contribution in [0.3, 0.4) is 0 Å². The maximum absolute atomic E-state index is 8.89. The van der Waals surface area contributed by atoms with Gasteiger partial charge in [0.25, 0.3) is 0 Å². The van der Waals surface area contributed by atoms with E-state index < -0.39 is 0 Å². The molecule has 1 aromatic heterocycles. The highest BCUT2D eigenvalue weighted by atomic mass is 16.5. The molecule has 0 N–H and O–H groups in total. The van der Waals surface area contributed by atoms with E-state index in [9.17, 15) is 0 Å². The number of hydrogen-bond acceptors (Lipinski definition) is 6. The largest absolute Gasteiger partial charge is 0.497 e. The van der Waals surface area contributed by atoms with Crippen LogP contribution in [-0.4, -0.2) is 35.8 Å². The van der Waals surface area contributed by atoms with E-state index in [2.05, 4.69) is 16.3 Å². The average Bonchev–Trinajstić information content (AvgIpc) is 3.03. The van der Waals surface area contributed by atoms with Gasteiger partial charge in [0.15, 0.2) is 0 Å². The zero-order chi connectivity index (χ0) is 16.1. The molecule has 0 bridgehead atoms. The van der Waals surface area contributed by atoms with Gasteiger partial charge in [-0.1, -0.05) is 0 Å². The number of hydrogen-bond donors (Lipinski definition) is 0. The summed E-state index contributed by atoms with van der Waals surface area (Å²) in [6.45, 7) is 4.52. The van der Waals surface area contributed by atoms with Gasteiger partial charge in [-0.3, -0.25) is 4.90 Å². The maximum Gasteiger partial charge on any atom is 0.247 e. The molecule has 2 aromatic rings. The summed E-state index contributed by atoms with van der Waals surface area (Å²) >= 11 is 0. The number of rotatable bonds is 6. The molecule has 2 rings (SSSR count). The summed E-state index contributed by atoms with van der Waals surface area (Å²) < 4.78 is 10.9. The minimum absolute atomic E-state index is 0.0450. The predicted octanol–water partition coefficient (Wildman–Crippen LogP) is 2.90. The van der Waals surface area contributed by atoms with Crippen molar-refractivity contribution in [2.24, 2.45) is 5.92 Å². The first-order valence-corrected chi connectivity index (χ1v) is 7.12. The number of nitrogens with zero attached hydrogens (tertiary/aromatic N) is 4. The van der Waals surface area contributed by atoms with Gasteiger partial charge in [0, 0.05) is 12.1 Å². The molecule has 1 heterocycles. The quantitative estimate of drug-likeness (QED) is 0.816. The summed E-state index contributed by atoms with van der Waals surface area (Å²) in [5.74, 6) is 1.75. The Kier molecular flexibility index (Phi) is 5.12. The van der Waals surface area contributed by atoms with Crippen molar-refractivity contribution in [2.75, 3.05) is 20.7 Å². The Hall–Kier alpha value is -2.39. The zero-order valence-corrected chi connectivity index (χ0v) is 13.3. The summed E-state index contributed by atoms with van der Waals surface area (Å²) in [6.07, 6.45) is 0. The first kappa shape index (κ1) is 16.0. The first-order valence-electron chi connectivity index (χ1n) is 7.12. The van der Waals surface area contributed by atoms with Gasteiger partial charge in [0.05, 0.1) is 25.1 Å². The second kappa shape index (κ2) is 7.05. The average molecular weight is 300 g/mol. The topological polar surface area (TPSA) is 75.2 Å². The van der Waals surface area contributed by atoms with Gasteiger partial charge in [0.1, 0.15) is 5.75 Å². The van der Waals surface area contributed by atoms with Crippen molar-refractivity contribution in [3.05, 3.63) is 30.2 Å². The monoisotopic (exact) mass is 300 g/mol. The highest BCUT2D eigenvalue weighted by molar-refractivity contribution is 5.53. The van der Waals surface area contributed by atoms with Gasteiger partial charge < -0.3 is 9.15 Å². The van der Waals surface area contributed by atoms with Gasteiger partial charge in [-0.05, 0) is 45.2 Å². The van der Waals surface area contributed by atoms with E-state index in [-0.39, 0.29) is 12.0 Å². The molecule has 1 aromatic carbocycles. The first-order chi connectivity index (χ1) is 10.5. The van der Waals surface area contributed by atoms with E-state index in [1.165, 1.54) is 0 Å². The Bertz CT molecular complexity index is 645. The van der Waals surface area contributed by atoms with Crippen LogP contribution in [0.5, 0.6) is 5.75 Å². The Labute approximate surface area is 130 Å². The van der Waals surface area contributed by atoms with Crippen molar-refractivity contribution >= 4 is 0 Å². The second-order valence-corrected chi connectivity index (χ2v) is 5.32. The number of benzene rings is 1. The third kappa shape index (κ3) is 3.62. The molecule has 0 radical (unpaired) electrons. The van der Waals surface area contributed by atoms with Crippen molar-refractivity contribution in [1.29, 1.82) is 5.26 Å². The lowest BCUT2D eigenvalue weighted by Gasteiger charge is -2.22. The van der Waals surface area contributed by atoms with Gasteiger partial charge in [-0.25, -0.2) is 0 Å². The molecule has 0 aliphatic heterocycles. The van der Waals surface area contributed by atoms with Crippen molar-refractivity contribution in [1.82, 2.24) is 15.1 Å². The number of aromatic nitrogens is 2. The lowest BCUT2D eigenvalue weighted by Crippen LogP contribution is -2.27. The molecule has 2 atom stereocenters. The summed E-state index contributed by atoms with van der Waals surface area (Å²) in [7, 11) is 3.56. The molecule has 0 unspecified atom stereocenters. The highest BCUT2D eigenvalue weighted by Gasteiger charge is 2.20. The van der Waals surface area contributed by atoms with Crippen molar-refractivity contribution in [3.63, 3.8) is 0 Å². The molecule has 0 saturated carbocycles. The van der Waals surface area contributed by atoms with Crippen LogP contribution in [0.1, 0.15) is 25.8 Å². The van der Waals surface area contributed by atoms with Gasteiger partial charge in [-0.15, -0.1) is 10.2 Å². The number of methoxy groups -OCH3 is 1. The summed E-state index contributed by atoms with van der Waals surface area (Å²) in [4.78, 5) is 2.03. The SMILES string of the molecule is COc1ccc(-c2nnc([C@H](C)N(C)C[C@H](C)C#N)o2)cc1. The Balaban J connectivity index is 2.11. The lowest BCUT2D eigenvalue weighted by molar-refractivity contribution is 0.212. The smallest absolute Gasteiger partial charge is 0.247 e. The Morgan fingerprint density at radius 1 is 1.27 bits per heavy atom. The fourth-order valence-electron chi connectivity index (χ4n) is 2.07. The molecule has 6 heteroatoms. The molecular weight excluding hydrogens is 280 g/mol. The normalized spacial score (nSPS) is 13.6. The van der Waals surface area contributed by atoms with Crippen LogP contribution in [0.15, 0.2) is 28.7 Å². The predicted molar refractivity (Wildman–Crippen MR) is 82.1 cm³/mol. The van der Waals surface area contributed by atoms with Crippen LogP contribution in [0.2, 0.25) is 0 Å². The van der Waals surface area contributed by atoms with Crippen LogP contribution in [0.25, 0.3) is 11.5 Å². The highest BCUT2D eigenvalue weighted by Crippen LogP contribution is 2.25. The van der Waals surface area contributed by atoms with E-state index in [1.54, 1.807) is 7.11 Å². The van der Waals surface area contributed by atoms with Crippen LogP contribution in [0.4, 0.5) is 0 Å². The molecule has 0 amide bonds. The fraction of sp³-hybridized carbons (Fsp3) is 0.438. The minimum atomic E-state index is -0.0460. The molecule has 116 valence electrons. The van der Waals surface area contributed by atoms with Crippen LogP contribution >= 0.6 is 0 Å². The van der Waals surface area contributed by atoms with Gasteiger partial charge >= 0.3 is 0 Å². The standard InChI is InChI=1S/C16H20N4O2/c1-11(9-17)10-20(3)12(2)15-18-19-16(22-15)13-5-7-14(21-4)8-6-13/h5-8,11-12H,10H2,1-4H3/t11-,12+/m1/s1. The maximum atomic E-state index is 8.89. The molecule has 0 aliphatic rings. The zero-order valence-electron chi connectivity index (χ0n) is 13.3. The number of nitriles is 1. The Morgan fingerprint density at radius 2 is 1.95 bits per heavy atom. The molecule has 22 heavy (non-hydrogen) atoms. The third-order valence-corrected chi connectivity index (χ3v) is 3.58. The fourth-order valence-corrected chi connectivity index (χ4v) is 2.07. The van der Waals surface area contributed by atoms with Gasteiger partial charge in [0.2, 0.25) is 11.8 Å². The lowest BCUT2D eigenvalue weighted by atomic mass is 10.2. The molecule has 0 fully saturated rings. The van der Waals surface area contributed by atoms with E-state index in [0.717, 1.165) is 11.3 Å². The van der Waals surface area contributed by atoms with E-state index in [0.29, 0.717) is 18.3 Å². The molecule has 0 spiro atoms. The van der Waals surface area contributed by atoms with E-state index >= 15 is 0 Å². The van der Waals surface area contributed by atoms with Crippen LogP contribution < -0.4 is 4.74 Å². The van der Waals surface area contributed by atoms with Crippen molar-refractivity contribution < 1.29 is 9.15 Å². The minimum Gasteiger partial charge on any atom is -0.497 e. The summed E-state index contributed by atoms with van der Waals surface area (Å²) in [6, 6.07) is 9.63. The van der Waals surface area contributed by atoms with E-state index in [4.69, 9.17) is 14.4 Å². The second-order valence-electron chi connectivity index (χ2n) is 5.32.